The maximum atomic E-state index is 13.3. The Morgan fingerprint density at radius 2 is 1.59 bits per heavy atom. The van der Waals surface area contributed by atoms with Gasteiger partial charge < -0.3 is 4.42 Å². The largest absolute Gasteiger partial charge is 0.451 e. The summed E-state index contributed by atoms with van der Waals surface area (Å²) in [6.07, 6.45) is -4.78. The summed E-state index contributed by atoms with van der Waals surface area (Å²) in [7, 11) is 0. The summed E-state index contributed by atoms with van der Waals surface area (Å²) in [5.74, 6) is -1.31. The molecule has 3 aromatic rings. The van der Waals surface area contributed by atoms with E-state index in [0.29, 0.717) is 5.02 Å². The van der Waals surface area contributed by atoms with E-state index in [-0.39, 0.29) is 16.5 Å². The Morgan fingerprint density at radius 3 is 2.23 bits per heavy atom. The van der Waals surface area contributed by atoms with Gasteiger partial charge in [-0.15, -0.1) is 0 Å². The van der Waals surface area contributed by atoms with Gasteiger partial charge in [-0.2, -0.15) is 13.2 Å². The minimum absolute atomic E-state index is 0.0976. The molecule has 0 unspecified atom stereocenters. The van der Waals surface area contributed by atoms with Gasteiger partial charge in [0.15, 0.2) is 0 Å². The van der Waals surface area contributed by atoms with E-state index in [0.717, 1.165) is 0 Å². The second kappa shape index (κ2) is 5.18. The molecule has 112 valence electrons. The first-order chi connectivity index (χ1) is 10.4. The molecule has 6 heteroatoms. The fourth-order valence-electron chi connectivity index (χ4n) is 2.22. The van der Waals surface area contributed by atoms with E-state index >= 15 is 0 Å². The number of benzene rings is 2. The van der Waals surface area contributed by atoms with Gasteiger partial charge in [-0.1, -0.05) is 35.9 Å². The summed E-state index contributed by atoms with van der Waals surface area (Å²) in [6.45, 7) is 0. The van der Waals surface area contributed by atoms with Crippen LogP contribution in [0.1, 0.15) is 5.76 Å². The van der Waals surface area contributed by atoms with Crippen LogP contribution in [0, 0.1) is 0 Å². The predicted molar refractivity (Wildman–Crippen MR) is 77.9 cm³/mol. The summed E-state index contributed by atoms with van der Waals surface area (Å²) in [5, 5.41) is 0.461. The van der Waals surface area contributed by atoms with Gasteiger partial charge in [-0.25, -0.2) is 0 Å². The quantitative estimate of drug-likeness (QED) is 0.621. The Balaban J connectivity index is 2.43. The number of alkyl halides is 3. The van der Waals surface area contributed by atoms with Crippen LogP contribution < -0.4 is 5.43 Å². The maximum absolute atomic E-state index is 13.3. The second-order valence-corrected chi connectivity index (χ2v) is 5.07. The van der Waals surface area contributed by atoms with Crippen LogP contribution >= 0.6 is 11.6 Å². The normalized spacial score (nSPS) is 11.8. The fraction of sp³-hybridized carbons (Fsp3) is 0.0625. The van der Waals surface area contributed by atoms with Crippen LogP contribution in [0.3, 0.4) is 0 Å². The molecule has 1 aromatic heterocycles. The lowest BCUT2D eigenvalue weighted by Crippen LogP contribution is -2.16. The first-order valence-electron chi connectivity index (χ1n) is 6.27. The molecule has 0 amide bonds. The molecule has 0 N–H and O–H groups in total. The third-order valence-corrected chi connectivity index (χ3v) is 3.44. The maximum Gasteiger partial charge on any atom is 0.450 e. The number of halogens is 4. The van der Waals surface area contributed by atoms with Gasteiger partial charge in [0.05, 0.1) is 10.9 Å². The van der Waals surface area contributed by atoms with E-state index in [1.165, 1.54) is 42.5 Å². The molecule has 0 aliphatic heterocycles. The van der Waals surface area contributed by atoms with Gasteiger partial charge in [0, 0.05) is 5.02 Å². The lowest BCUT2D eigenvalue weighted by Gasteiger charge is -2.12. The van der Waals surface area contributed by atoms with Gasteiger partial charge in [-0.05, 0) is 29.8 Å². The molecular formula is C16H8ClF3O2. The molecule has 1 heterocycles. The molecule has 0 fully saturated rings. The third kappa shape index (κ3) is 2.48. The number of fused-ring (bicyclic) bond motifs is 1. The van der Waals surface area contributed by atoms with Crippen LogP contribution in [0.25, 0.3) is 22.1 Å². The van der Waals surface area contributed by atoms with Crippen LogP contribution in [-0.2, 0) is 6.18 Å². The monoisotopic (exact) mass is 324 g/mol. The number of hydrogen-bond acceptors (Lipinski definition) is 2. The molecule has 0 atom stereocenters. The average molecular weight is 325 g/mol. The Bertz CT molecular complexity index is 896. The average Bonchev–Trinajstić information content (AvgIpc) is 2.47. The molecule has 0 radical (unpaired) electrons. The van der Waals surface area contributed by atoms with E-state index in [1.54, 1.807) is 6.07 Å². The van der Waals surface area contributed by atoms with Crippen molar-refractivity contribution in [1.29, 1.82) is 0 Å². The highest BCUT2D eigenvalue weighted by atomic mass is 35.5. The first-order valence-corrected chi connectivity index (χ1v) is 6.64. The van der Waals surface area contributed by atoms with Crippen LogP contribution in [0.4, 0.5) is 13.2 Å². The SMILES string of the molecule is O=c1c(-c2ccc(Cl)cc2)c(C(F)(F)F)oc2ccccc12. The molecule has 0 aliphatic carbocycles. The van der Waals surface area contributed by atoms with Crippen molar-refractivity contribution in [1.82, 2.24) is 0 Å². The minimum Gasteiger partial charge on any atom is -0.451 e. The molecule has 2 nitrogen and oxygen atoms in total. The van der Waals surface area contributed by atoms with Crippen molar-refractivity contribution in [3.05, 3.63) is 69.5 Å². The van der Waals surface area contributed by atoms with Crippen molar-refractivity contribution in [2.24, 2.45) is 0 Å². The zero-order valence-corrected chi connectivity index (χ0v) is 11.7. The van der Waals surface area contributed by atoms with E-state index in [2.05, 4.69) is 0 Å². The summed E-state index contributed by atoms with van der Waals surface area (Å²) < 4.78 is 44.8. The molecule has 0 aliphatic rings. The van der Waals surface area contributed by atoms with Crippen molar-refractivity contribution in [3.8, 4) is 11.1 Å². The highest BCUT2D eigenvalue weighted by Crippen LogP contribution is 2.37. The van der Waals surface area contributed by atoms with Crippen molar-refractivity contribution in [2.45, 2.75) is 6.18 Å². The zero-order valence-electron chi connectivity index (χ0n) is 10.9. The Labute approximate surface area is 127 Å². The summed E-state index contributed by atoms with van der Waals surface area (Å²) in [5.41, 5.74) is -1.23. The highest BCUT2D eigenvalue weighted by molar-refractivity contribution is 6.30. The van der Waals surface area contributed by atoms with Gasteiger partial charge in [0.25, 0.3) is 0 Å². The van der Waals surface area contributed by atoms with Crippen molar-refractivity contribution >= 4 is 22.6 Å². The van der Waals surface area contributed by atoms with Gasteiger partial charge >= 0.3 is 6.18 Å². The van der Waals surface area contributed by atoms with Crippen molar-refractivity contribution in [3.63, 3.8) is 0 Å². The molecule has 2 aromatic carbocycles. The summed E-state index contributed by atoms with van der Waals surface area (Å²) in [6, 6.07) is 11.4. The van der Waals surface area contributed by atoms with Gasteiger partial charge in [0.2, 0.25) is 11.2 Å². The summed E-state index contributed by atoms with van der Waals surface area (Å²) >= 11 is 5.74. The Kier molecular flexibility index (Phi) is 3.45. The Morgan fingerprint density at radius 1 is 0.955 bits per heavy atom. The van der Waals surface area contributed by atoms with E-state index in [9.17, 15) is 18.0 Å². The molecule has 0 bridgehead atoms. The van der Waals surface area contributed by atoms with Crippen LogP contribution in [0.5, 0.6) is 0 Å². The fourth-order valence-corrected chi connectivity index (χ4v) is 2.35. The van der Waals surface area contributed by atoms with Crippen LogP contribution in [0.15, 0.2) is 57.7 Å². The first kappa shape index (κ1) is 14.7. The molecule has 3 rings (SSSR count). The van der Waals surface area contributed by atoms with E-state index < -0.39 is 22.9 Å². The van der Waals surface area contributed by atoms with E-state index in [4.69, 9.17) is 16.0 Å². The van der Waals surface area contributed by atoms with Gasteiger partial charge in [0.1, 0.15) is 5.58 Å². The second-order valence-electron chi connectivity index (χ2n) is 4.64. The van der Waals surface area contributed by atoms with Crippen molar-refractivity contribution in [2.75, 3.05) is 0 Å². The highest BCUT2D eigenvalue weighted by Gasteiger charge is 2.39. The lowest BCUT2D eigenvalue weighted by molar-refractivity contribution is -0.152. The van der Waals surface area contributed by atoms with Crippen LogP contribution in [0.2, 0.25) is 5.02 Å². The Hall–Kier alpha value is -2.27. The molecular weight excluding hydrogens is 317 g/mol. The number of rotatable bonds is 1. The zero-order chi connectivity index (χ0) is 15.9. The molecule has 0 spiro atoms. The predicted octanol–water partition coefficient (Wildman–Crippen LogP) is 5.13. The molecule has 0 saturated carbocycles. The standard InChI is InChI=1S/C16H8ClF3O2/c17-10-7-5-9(6-8-10)13-14(21)11-3-1-2-4-12(11)22-15(13)16(18,19)20/h1-8H. The topological polar surface area (TPSA) is 30.2 Å². The lowest BCUT2D eigenvalue weighted by atomic mass is 10.0. The third-order valence-electron chi connectivity index (χ3n) is 3.19. The molecule has 0 saturated heterocycles. The molecule has 22 heavy (non-hydrogen) atoms. The van der Waals surface area contributed by atoms with Crippen LogP contribution in [-0.4, -0.2) is 0 Å². The minimum atomic E-state index is -4.78. The summed E-state index contributed by atoms with van der Waals surface area (Å²) in [4.78, 5) is 12.5. The van der Waals surface area contributed by atoms with Crippen molar-refractivity contribution < 1.29 is 17.6 Å². The number of para-hydroxylation sites is 1. The van der Waals surface area contributed by atoms with Gasteiger partial charge in [-0.3, -0.25) is 4.79 Å². The smallest absolute Gasteiger partial charge is 0.450 e. The number of hydrogen-bond donors (Lipinski definition) is 0. The van der Waals surface area contributed by atoms with E-state index in [1.807, 2.05) is 0 Å².